The lowest BCUT2D eigenvalue weighted by Crippen LogP contribution is -2.23. The number of nitrogens with one attached hydrogen (secondary N) is 1. The number of rotatable bonds is 4. The summed E-state index contributed by atoms with van der Waals surface area (Å²) >= 11 is 4.47. The highest BCUT2D eigenvalue weighted by molar-refractivity contribution is 9.10. The molecule has 0 fully saturated rings. The van der Waals surface area contributed by atoms with E-state index in [-0.39, 0.29) is 21.6 Å². The molecule has 2 aromatic rings. The van der Waals surface area contributed by atoms with Crippen molar-refractivity contribution in [3.63, 3.8) is 0 Å². The quantitative estimate of drug-likeness (QED) is 0.819. The summed E-state index contributed by atoms with van der Waals surface area (Å²) in [6.07, 6.45) is 0. The van der Waals surface area contributed by atoms with Crippen LogP contribution in [0.25, 0.3) is 0 Å². The number of sulfonamides is 1. The molecule has 1 aromatic heterocycles. The molecule has 4 nitrogen and oxygen atoms in total. The number of benzene rings is 1. The topological polar surface area (TPSA) is 72.2 Å². The van der Waals surface area contributed by atoms with Crippen LogP contribution in [-0.2, 0) is 16.6 Å². The number of anilines is 1. The van der Waals surface area contributed by atoms with Gasteiger partial charge in [-0.1, -0.05) is 6.07 Å². The Morgan fingerprint density at radius 2 is 2.16 bits per heavy atom. The van der Waals surface area contributed by atoms with Gasteiger partial charge in [-0.3, -0.25) is 0 Å². The monoisotopic (exact) mass is 364 g/mol. The lowest BCUT2D eigenvalue weighted by Gasteiger charge is -2.09. The van der Waals surface area contributed by atoms with Gasteiger partial charge in [0.05, 0.1) is 10.6 Å². The van der Waals surface area contributed by atoms with E-state index in [1.54, 1.807) is 0 Å². The molecule has 0 aliphatic rings. The molecule has 8 heteroatoms. The fourth-order valence-corrected chi connectivity index (χ4v) is 4.20. The molecular formula is C11H10BrFN2O2S2. The van der Waals surface area contributed by atoms with Gasteiger partial charge in [0.2, 0.25) is 10.0 Å². The van der Waals surface area contributed by atoms with Crippen LogP contribution in [0.3, 0.4) is 0 Å². The van der Waals surface area contributed by atoms with E-state index in [9.17, 15) is 12.8 Å². The maximum absolute atomic E-state index is 13.2. The predicted molar refractivity (Wildman–Crippen MR) is 76.9 cm³/mol. The Hall–Kier alpha value is -0.960. The van der Waals surface area contributed by atoms with Crippen LogP contribution in [0.1, 0.15) is 4.88 Å². The average Bonchev–Trinajstić information content (AvgIpc) is 2.84. The smallest absolute Gasteiger partial charge is 0.242 e. The Morgan fingerprint density at radius 3 is 2.79 bits per heavy atom. The summed E-state index contributed by atoms with van der Waals surface area (Å²) in [6, 6.07) is 5.78. The van der Waals surface area contributed by atoms with Crippen LogP contribution < -0.4 is 10.5 Å². The minimum Gasteiger partial charge on any atom is -0.396 e. The van der Waals surface area contributed by atoms with Crippen LogP contribution in [0.4, 0.5) is 10.1 Å². The van der Waals surface area contributed by atoms with Gasteiger partial charge in [-0.25, -0.2) is 17.5 Å². The number of nitrogens with two attached hydrogens (primary N) is 1. The molecule has 0 amide bonds. The maximum Gasteiger partial charge on any atom is 0.242 e. The molecule has 19 heavy (non-hydrogen) atoms. The van der Waals surface area contributed by atoms with Crippen molar-refractivity contribution in [2.24, 2.45) is 0 Å². The molecule has 0 saturated carbocycles. The normalized spacial score (nSPS) is 11.7. The van der Waals surface area contributed by atoms with Crippen LogP contribution in [-0.4, -0.2) is 8.42 Å². The van der Waals surface area contributed by atoms with Gasteiger partial charge >= 0.3 is 0 Å². The fourth-order valence-electron chi connectivity index (χ4n) is 1.41. The minimum absolute atomic E-state index is 0.0806. The summed E-state index contributed by atoms with van der Waals surface area (Å²) in [5.41, 5.74) is 5.18. The van der Waals surface area contributed by atoms with Gasteiger partial charge in [0, 0.05) is 15.9 Å². The minimum atomic E-state index is -3.74. The Bertz CT molecular complexity index is 687. The van der Waals surface area contributed by atoms with Gasteiger partial charge in [-0.15, -0.1) is 11.3 Å². The lowest BCUT2D eigenvalue weighted by molar-refractivity contribution is 0.580. The van der Waals surface area contributed by atoms with Crippen molar-refractivity contribution in [1.29, 1.82) is 0 Å². The Balaban J connectivity index is 2.27. The van der Waals surface area contributed by atoms with Crippen molar-refractivity contribution in [3.05, 3.63) is 44.8 Å². The summed E-state index contributed by atoms with van der Waals surface area (Å²) < 4.78 is 40.0. The molecule has 0 aliphatic heterocycles. The molecule has 0 saturated heterocycles. The number of halogens is 2. The maximum atomic E-state index is 13.2. The van der Waals surface area contributed by atoms with Gasteiger partial charge in [0.15, 0.2) is 0 Å². The van der Waals surface area contributed by atoms with E-state index in [0.29, 0.717) is 0 Å². The van der Waals surface area contributed by atoms with Crippen molar-refractivity contribution in [1.82, 2.24) is 4.72 Å². The second kappa shape index (κ2) is 5.58. The van der Waals surface area contributed by atoms with E-state index < -0.39 is 15.8 Å². The zero-order valence-corrected chi connectivity index (χ0v) is 12.8. The van der Waals surface area contributed by atoms with Gasteiger partial charge < -0.3 is 5.73 Å². The molecule has 1 heterocycles. The largest absolute Gasteiger partial charge is 0.396 e. The third kappa shape index (κ3) is 3.33. The van der Waals surface area contributed by atoms with Gasteiger partial charge in [-0.05, 0) is 39.5 Å². The number of nitrogen functional groups attached to an aromatic ring is 1. The van der Waals surface area contributed by atoms with Gasteiger partial charge in [0.25, 0.3) is 0 Å². The van der Waals surface area contributed by atoms with E-state index in [4.69, 9.17) is 5.73 Å². The van der Waals surface area contributed by atoms with E-state index >= 15 is 0 Å². The second-order valence-electron chi connectivity index (χ2n) is 3.71. The summed E-state index contributed by atoms with van der Waals surface area (Å²) in [7, 11) is -3.74. The molecule has 0 aliphatic carbocycles. The first-order chi connectivity index (χ1) is 8.90. The van der Waals surface area contributed by atoms with Crippen molar-refractivity contribution in [3.8, 4) is 0 Å². The standard InChI is InChI=1S/C11H10BrFN2O2S2/c12-8-4-9(13)10(14)5-11(8)19(16,17)15-6-7-2-1-3-18-7/h1-5,15H,6,14H2. The molecule has 1 aromatic carbocycles. The zero-order valence-electron chi connectivity index (χ0n) is 9.56. The lowest BCUT2D eigenvalue weighted by atomic mass is 10.3. The average molecular weight is 365 g/mol. The molecular weight excluding hydrogens is 355 g/mol. The van der Waals surface area contributed by atoms with E-state index in [1.807, 2.05) is 17.5 Å². The summed E-state index contributed by atoms with van der Waals surface area (Å²) in [6.45, 7) is 0.184. The van der Waals surface area contributed by atoms with Crippen LogP contribution in [0, 0.1) is 5.82 Å². The highest BCUT2D eigenvalue weighted by Gasteiger charge is 2.19. The first-order valence-electron chi connectivity index (χ1n) is 5.17. The fraction of sp³-hybridized carbons (Fsp3) is 0.0909. The SMILES string of the molecule is Nc1cc(S(=O)(=O)NCc2cccs2)c(Br)cc1F. The van der Waals surface area contributed by atoms with Gasteiger partial charge in [0.1, 0.15) is 5.82 Å². The van der Waals surface area contributed by atoms with Crippen molar-refractivity contribution >= 4 is 43.0 Å². The number of hydrogen-bond donors (Lipinski definition) is 2. The van der Waals surface area contributed by atoms with Crippen molar-refractivity contribution in [2.75, 3.05) is 5.73 Å². The van der Waals surface area contributed by atoms with Crippen molar-refractivity contribution in [2.45, 2.75) is 11.4 Å². The Kier molecular flexibility index (Phi) is 4.24. The van der Waals surface area contributed by atoms with Crippen LogP contribution in [0.15, 0.2) is 39.0 Å². The van der Waals surface area contributed by atoms with E-state index in [1.165, 1.54) is 11.3 Å². The number of thiophene rings is 1. The van der Waals surface area contributed by atoms with Crippen molar-refractivity contribution < 1.29 is 12.8 Å². The molecule has 0 atom stereocenters. The zero-order chi connectivity index (χ0) is 14.0. The summed E-state index contributed by atoms with van der Waals surface area (Å²) in [5, 5.41) is 1.86. The third-order valence-corrected chi connectivity index (χ3v) is 5.59. The van der Waals surface area contributed by atoms with E-state index in [0.717, 1.165) is 17.0 Å². The molecule has 3 N–H and O–H groups in total. The Labute approximate surface area is 122 Å². The Morgan fingerprint density at radius 1 is 1.42 bits per heavy atom. The molecule has 0 unspecified atom stereocenters. The van der Waals surface area contributed by atoms with Crippen LogP contribution in [0.5, 0.6) is 0 Å². The van der Waals surface area contributed by atoms with Gasteiger partial charge in [-0.2, -0.15) is 0 Å². The van der Waals surface area contributed by atoms with Crippen LogP contribution >= 0.6 is 27.3 Å². The second-order valence-corrected chi connectivity index (χ2v) is 7.33. The molecule has 2 rings (SSSR count). The summed E-state index contributed by atoms with van der Waals surface area (Å²) in [4.78, 5) is 0.803. The third-order valence-electron chi connectivity index (χ3n) is 2.36. The number of hydrogen-bond acceptors (Lipinski definition) is 4. The first-order valence-corrected chi connectivity index (χ1v) is 8.32. The molecule has 0 radical (unpaired) electrons. The molecule has 0 spiro atoms. The highest BCUT2D eigenvalue weighted by atomic mass is 79.9. The van der Waals surface area contributed by atoms with E-state index in [2.05, 4.69) is 20.7 Å². The molecule has 0 bridgehead atoms. The highest BCUT2D eigenvalue weighted by Crippen LogP contribution is 2.26. The predicted octanol–water partition coefficient (Wildman–Crippen LogP) is 2.71. The first kappa shape index (κ1) is 14.4. The van der Waals surface area contributed by atoms with Crippen LogP contribution in [0.2, 0.25) is 0 Å². The molecule has 102 valence electrons. The summed E-state index contributed by atoms with van der Waals surface area (Å²) in [5.74, 6) is -0.663.